The third kappa shape index (κ3) is 5.36. The van der Waals surface area contributed by atoms with Gasteiger partial charge in [0.05, 0.1) is 4.90 Å². The Labute approximate surface area is 171 Å². The molecule has 0 aliphatic carbocycles. The molecule has 1 aromatic carbocycles. The van der Waals surface area contributed by atoms with Crippen LogP contribution in [0, 0.1) is 0 Å². The average molecular weight is 465 g/mol. The summed E-state index contributed by atoms with van der Waals surface area (Å²) in [6.45, 7) is 4.94. The molecule has 2 aromatic rings. The lowest BCUT2D eigenvalue weighted by molar-refractivity contribution is 0.478. The number of nitrogen functional groups attached to an aromatic ring is 1. The van der Waals surface area contributed by atoms with Crippen LogP contribution in [0.25, 0.3) is 0 Å². The van der Waals surface area contributed by atoms with E-state index in [2.05, 4.69) is 20.2 Å². The molecule has 0 spiro atoms. The quantitative estimate of drug-likeness (QED) is 0.311. The van der Waals surface area contributed by atoms with E-state index in [0.717, 1.165) is 12.1 Å². The van der Waals surface area contributed by atoms with Crippen LogP contribution in [-0.4, -0.2) is 49.0 Å². The maximum atomic E-state index is 11.5. The van der Waals surface area contributed by atoms with Crippen LogP contribution in [0.5, 0.6) is 0 Å². The second kappa shape index (κ2) is 8.54. The van der Waals surface area contributed by atoms with Gasteiger partial charge in [0, 0.05) is 13.1 Å². The highest BCUT2D eigenvalue weighted by molar-refractivity contribution is 7.86. The van der Waals surface area contributed by atoms with Gasteiger partial charge < -0.3 is 10.6 Å². The zero-order valence-corrected chi connectivity index (χ0v) is 17.6. The summed E-state index contributed by atoms with van der Waals surface area (Å²) in [5.74, 6) is 0.0958. The third-order valence-corrected chi connectivity index (χ3v) is 5.68. The van der Waals surface area contributed by atoms with E-state index >= 15 is 0 Å². The van der Waals surface area contributed by atoms with Crippen LogP contribution in [-0.2, 0) is 20.2 Å². The first kappa shape index (κ1) is 22.9. The maximum absolute atomic E-state index is 11.5. The van der Waals surface area contributed by atoms with E-state index in [1.54, 1.807) is 4.90 Å². The Hall–Kier alpha value is -2.39. The number of azo groups is 1. The first-order valence-electron chi connectivity index (χ1n) is 7.97. The minimum Gasteiger partial charge on any atom is -0.382 e. The predicted octanol–water partition coefficient (Wildman–Crippen LogP) is 2.47. The zero-order valence-electron chi connectivity index (χ0n) is 15.2. The Morgan fingerprint density at radius 1 is 1.07 bits per heavy atom. The van der Waals surface area contributed by atoms with Gasteiger partial charge in [-0.3, -0.25) is 9.11 Å². The molecule has 0 atom stereocenters. The first-order chi connectivity index (χ1) is 13.4. The van der Waals surface area contributed by atoms with Crippen LogP contribution in [0.3, 0.4) is 0 Å². The monoisotopic (exact) mass is 464 g/mol. The summed E-state index contributed by atoms with van der Waals surface area (Å²) in [6.07, 6.45) is 0. The highest BCUT2D eigenvalue weighted by Gasteiger charge is 2.20. The van der Waals surface area contributed by atoms with E-state index in [9.17, 15) is 21.4 Å². The second-order valence-electron chi connectivity index (χ2n) is 5.50. The van der Waals surface area contributed by atoms with E-state index in [1.165, 1.54) is 0 Å². The molecule has 29 heavy (non-hydrogen) atoms. The Kier molecular flexibility index (Phi) is 6.74. The molecule has 1 aromatic heterocycles. The lowest BCUT2D eigenvalue weighted by Crippen LogP contribution is -2.24. The van der Waals surface area contributed by atoms with E-state index in [1.807, 2.05) is 13.8 Å². The van der Waals surface area contributed by atoms with Crippen LogP contribution >= 0.6 is 11.6 Å². The molecule has 0 radical (unpaired) electrons. The largest absolute Gasteiger partial charge is 0.382 e. The molecule has 158 valence electrons. The molecule has 0 saturated heterocycles. The number of nitrogens with two attached hydrogens (primary N) is 1. The van der Waals surface area contributed by atoms with E-state index < -0.39 is 35.7 Å². The Balaban J connectivity index is 2.59. The van der Waals surface area contributed by atoms with Crippen molar-refractivity contribution < 1.29 is 25.9 Å². The standard InChI is InChI=1S/C14H17ClN6O6S2/c1-3-21(4-2)14-17-12(15)11(13(16)18-14)20-19-9-7-8(28(22,23)24)5-6-10(9)29(25,26)27/h5-7H,3-4H2,1-2H3,(H2,16,17,18)(H,22,23,24)(H,25,26,27). The van der Waals surface area contributed by atoms with Crippen molar-refractivity contribution in [2.24, 2.45) is 10.2 Å². The maximum Gasteiger partial charge on any atom is 0.296 e. The summed E-state index contributed by atoms with van der Waals surface area (Å²) >= 11 is 6.08. The number of nitrogens with zero attached hydrogens (tertiary/aromatic N) is 5. The minimum absolute atomic E-state index is 0.157. The highest BCUT2D eigenvalue weighted by Crippen LogP contribution is 2.34. The molecule has 2 rings (SSSR count). The van der Waals surface area contributed by atoms with Crippen LogP contribution in [0.4, 0.5) is 23.1 Å². The Morgan fingerprint density at radius 2 is 1.69 bits per heavy atom. The normalized spacial score (nSPS) is 12.4. The summed E-state index contributed by atoms with van der Waals surface area (Å²) in [5.41, 5.74) is 5.07. The van der Waals surface area contributed by atoms with Gasteiger partial charge in [-0.25, -0.2) is 0 Å². The fourth-order valence-corrected chi connectivity index (χ4v) is 3.55. The first-order valence-corrected chi connectivity index (χ1v) is 11.2. The minimum atomic E-state index is -4.78. The number of halogens is 1. The zero-order chi connectivity index (χ0) is 22.0. The van der Waals surface area contributed by atoms with Crippen molar-refractivity contribution in [3.63, 3.8) is 0 Å². The number of rotatable bonds is 7. The van der Waals surface area contributed by atoms with Gasteiger partial charge in [-0.1, -0.05) is 11.6 Å². The topological polar surface area (TPSA) is 188 Å². The molecule has 0 saturated carbocycles. The van der Waals surface area contributed by atoms with E-state index in [0.29, 0.717) is 19.2 Å². The van der Waals surface area contributed by atoms with Crippen LogP contribution in [0.1, 0.15) is 13.8 Å². The van der Waals surface area contributed by atoms with Crippen molar-refractivity contribution in [1.82, 2.24) is 9.97 Å². The van der Waals surface area contributed by atoms with Gasteiger partial charge in [0.25, 0.3) is 20.2 Å². The van der Waals surface area contributed by atoms with Gasteiger partial charge in [0.2, 0.25) is 5.95 Å². The van der Waals surface area contributed by atoms with Crippen molar-refractivity contribution >= 4 is 55.0 Å². The molecular weight excluding hydrogens is 448 g/mol. The van der Waals surface area contributed by atoms with Gasteiger partial charge in [0.15, 0.2) is 16.7 Å². The molecule has 12 nitrogen and oxygen atoms in total. The summed E-state index contributed by atoms with van der Waals surface area (Å²) in [6, 6.07) is 2.23. The molecule has 1 heterocycles. The van der Waals surface area contributed by atoms with E-state index in [-0.39, 0.29) is 22.6 Å². The lowest BCUT2D eigenvalue weighted by Gasteiger charge is -2.19. The highest BCUT2D eigenvalue weighted by atomic mass is 35.5. The number of aromatic nitrogens is 2. The molecular formula is C14H17ClN6O6S2. The molecule has 0 aliphatic rings. The lowest BCUT2D eigenvalue weighted by atomic mass is 10.3. The third-order valence-electron chi connectivity index (χ3n) is 3.67. The molecule has 0 amide bonds. The number of benzene rings is 1. The molecule has 15 heteroatoms. The number of hydrogen-bond acceptors (Lipinski definition) is 10. The summed E-state index contributed by atoms with van der Waals surface area (Å²) < 4.78 is 64.0. The van der Waals surface area contributed by atoms with Gasteiger partial charge in [-0.15, -0.1) is 10.2 Å². The van der Waals surface area contributed by atoms with Gasteiger partial charge >= 0.3 is 0 Å². The average Bonchev–Trinajstić information content (AvgIpc) is 2.60. The summed E-state index contributed by atoms with van der Waals surface area (Å²) in [7, 11) is -9.44. The van der Waals surface area contributed by atoms with Crippen molar-refractivity contribution in [2.75, 3.05) is 23.7 Å². The van der Waals surface area contributed by atoms with Crippen molar-refractivity contribution in [3.05, 3.63) is 23.4 Å². The fourth-order valence-electron chi connectivity index (χ4n) is 2.23. The molecule has 0 fully saturated rings. The van der Waals surface area contributed by atoms with Gasteiger partial charge in [0.1, 0.15) is 10.6 Å². The Bertz CT molecular complexity index is 1140. The van der Waals surface area contributed by atoms with Crippen molar-refractivity contribution in [1.29, 1.82) is 0 Å². The van der Waals surface area contributed by atoms with Crippen LogP contribution in [0.15, 0.2) is 38.2 Å². The van der Waals surface area contributed by atoms with E-state index in [4.69, 9.17) is 21.9 Å². The SMILES string of the molecule is CCN(CC)c1nc(N)c(N=Nc2cc(S(=O)(=O)O)ccc2S(=O)(=O)O)c(Cl)n1. The Morgan fingerprint density at radius 3 is 2.17 bits per heavy atom. The van der Waals surface area contributed by atoms with Gasteiger partial charge in [-0.05, 0) is 32.0 Å². The second-order valence-corrected chi connectivity index (χ2v) is 8.67. The molecule has 4 N–H and O–H groups in total. The number of anilines is 2. The molecule has 0 aliphatic heterocycles. The van der Waals surface area contributed by atoms with Crippen LogP contribution < -0.4 is 10.6 Å². The summed E-state index contributed by atoms with van der Waals surface area (Å²) in [4.78, 5) is 8.49. The summed E-state index contributed by atoms with van der Waals surface area (Å²) in [5, 5.41) is 7.13. The fraction of sp³-hybridized carbons (Fsp3) is 0.286. The molecule has 0 unspecified atom stereocenters. The van der Waals surface area contributed by atoms with Crippen LogP contribution in [0.2, 0.25) is 5.15 Å². The smallest absolute Gasteiger partial charge is 0.296 e. The van der Waals surface area contributed by atoms with Crippen molar-refractivity contribution in [2.45, 2.75) is 23.6 Å². The number of hydrogen-bond donors (Lipinski definition) is 3. The van der Waals surface area contributed by atoms with Gasteiger partial charge in [-0.2, -0.15) is 26.8 Å². The predicted molar refractivity (Wildman–Crippen MR) is 105 cm³/mol. The molecule has 0 bridgehead atoms. The van der Waals surface area contributed by atoms with Crippen molar-refractivity contribution in [3.8, 4) is 0 Å².